The molecule has 9 rings (SSSR count). The molecule has 0 unspecified atom stereocenters. The van der Waals surface area contributed by atoms with Crippen molar-refractivity contribution in [3.05, 3.63) is 300 Å². The third-order valence-corrected chi connectivity index (χ3v) is 13.2. The number of hydrogen-bond acceptors (Lipinski definition) is 2. The Hall–Kier alpha value is -7.94. The van der Waals surface area contributed by atoms with Crippen LogP contribution in [-0.4, -0.2) is 0 Å². The fraction of sp³-hybridized carbons (Fsp3) is 0.121. The Balaban J connectivity index is 1.06. The summed E-state index contributed by atoms with van der Waals surface area (Å²) in [5.41, 5.74) is 19.5. The van der Waals surface area contributed by atoms with Crippen molar-refractivity contribution in [1.82, 2.24) is 0 Å². The Morgan fingerprint density at radius 3 is 2.24 bits per heavy atom. The summed E-state index contributed by atoms with van der Waals surface area (Å²) in [5, 5.41) is 0. The maximum atomic E-state index is 4.20. The topological polar surface area (TPSA) is 6.48 Å². The first-order chi connectivity index (χ1) is 33.5. The first-order valence-corrected chi connectivity index (χ1v) is 24.0. The van der Waals surface area contributed by atoms with E-state index >= 15 is 0 Å². The Morgan fingerprint density at radius 2 is 1.37 bits per heavy atom. The van der Waals surface area contributed by atoms with Crippen molar-refractivity contribution in [3.8, 4) is 11.1 Å². The molecule has 0 bridgehead atoms. The Bertz CT molecular complexity index is 3080. The molecule has 0 saturated heterocycles. The van der Waals surface area contributed by atoms with E-state index < -0.39 is 0 Å². The van der Waals surface area contributed by atoms with Crippen LogP contribution in [0.5, 0.6) is 0 Å². The summed E-state index contributed by atoms with van der Waals surface area (Å²) >= 11 is 0. The lowest BCUT2D eigenvalue weighted by molar-refractivity contribution is 0.660. The molecule has 0 spiro atoms. The summed E-state index contributed by atoms with van der Waals surface area (Å²) in [5.74, 6) is 0. The molecule has 0 N–H and O–H groups in total. The van der Waals surface area contributed by atoms with Crippen LogP contribution in [0.3, 0.4) is 0 Å². The van der Waals surface area contributed by atoms with Crippen LogP contribution in [0, 0.1) is 0 Å². The lowest BCUT2D eigenvalue weighted by Gasteiger charge is -2.32. The largest absolute Gasteiger partial charge is 0.310 e. The van der Waals surface area contributed by atoms with Crippen LogP contribution >= 0.6 is 0 Å². The van der Waals surface area contributed by atoms with E-state index in [0.29, 0.717) is 0 Å². The number of rotatable bonds is 15. The lowest BCUT2D eigenvalue weighted by atomic mass is 9.82. The van der Waals surface area contributed by atoms with E-state index in [4.69, 9.17) is 0 Å². The summed E-state index contributed by atoms with van der Waals surface area (Å²) < 4.78 is 0. The number of allylic oxidation sites excluding steroid dienone is 23. The van der Waals surface area contributed by atoms with Gasteiger partial charge in [0.05, 0.1) is 5.69 Å². The highest BCUT2D eigenvalue weighted by Crippen LogP contribution is 2.51. The van der Waals surface area contributed by atoms with Crippen LogP contribution in [-0.2, 0) is 11.8 Å². The first kappa shape index (κ1) is 45.2. The van der Waals surface area contributed by atoms with Gasteiger partial charge in [-0.25, -0.2) is 0 Å². The maximum Gasteiger partial charge on any atom is 0.0536 e. The molecule has 0 aliphatic heterocycles. The summed E-state index contributed by atoms with van der Waals surface area (Å²) in [4.78, 5) is 4.91. The molecule has 0 heterocycles. The van der Waals surface area contributed by atoms with Gasteiger partial charge in [-0.15, -0.1) is 0 Å². The highest BCUT2D eigenvalue weighted by Gasteiger charge is 2.36. The second kappa shape index (κ2) is 21.1. The number of nitrogens with zero attached hydrogens (tertiary/aromatic N) is 2. The van der Waals surface area contributed by atoms with Crippen molar-refractivity contribution in [3.63, 3.8) is 0 Å². The molecule has 4 aliphatic carbocycles. The van der Waals surface area contributed by atoms with Crippen molar-refractivity contribution < 1.29 is 0 Å². The highest BCUT2D eigenvalue weighted by atomic mass is 15.2. The minimum Gasteiger partial charge on any atom is -0.310 e. The predicted molar refractivity (Wildman–Crippen MR) is 294 cm³/mol. The average molecular weight is 881 g/mol. The molecule has 0 aromatic heterocycles. The van der Waals surface area contributed by atoms with Crippen molar-refractivity contribution in [1.29, 1.82) is 0 Å². The molecule has 0 amide bonds. The fourth-order valence-electron chi connectivity index (χ4n) is 9.89. The van der Waals surface area contributed by atoms with Gasteiger partial charge in [0.15, 0.2) is 0 Å². The van der Waals surface area contributed by atoms with Crippen LogP contribution in [0.1, 0.15) is 67.3 Å². The second-order valence-corrected chi connectivity index (χ2v) is 17.9. The van der Waals surface area contributed by atoms with Crippen molar-refractivity contribution in [2.24, 2.45) is 0 Å². The summed E-state index contributed by atoms with van der Waals surface area (Å²) in [6.07, 6.45) is 49.7. The average Bonchev–Trinajstić information content (AvgIpc) is 3.76. The molecule has 5 aromatic rings. The van der Waals surface area contributed by atoms with E-state index in [1.807, 2.05) is 18.2 Å². The summed E-state index contributed by atoms with van der Waals surface area (Å²) in [6.45, 7) is 12.7. The van der Waals surface area contributed by atoms with Gasteiger partial charge in [-0.3, -0.25) is 0 Å². The molecular weight excluding hydrogens is 821 g/mol. The number of anilines is 4. The smallest absolute Gasteiger partial charge is 0.0536 e. The normalized spacial score (nSPS) is 16.0. The molecule has 334 valence electrons. The van der Waals surface area contributed by atoms with Crippen LogP contribution in [0.15, 0.2) is 272 Å². The Kier molecular flexibility index (Phi) is 14.1. The number of benzene rings is 5. The van der Waals surface area contributed by atoms with E-state index in [9.17, 15) is 0 Å². The Morgan fingerprint density at radius 1 is 0.618 bits per heavy atom. The van der Waals surface area contributed by atoms with Gasteiger partial charge in [-0.1, -0.05) is 221 Å². The molecule has 2 heteroatoms. The fourth-order valence-corrected chi connectivity index (χ4v) is 9.89. The summed E-state index contributed by atoms with van der Waals surface area (Å²) in [6, 6.07) is 42.5. The minimum atomic E-state index is -0.121. The van der Waals surface area contributed by atoms with Gasteiger partial charge in [-0.2, -0.15) is 0 Å². The molecule has 68 heavy (non-hydrogen) atoms. The van der Waals surface area contributed by atoms with Gasteiger partial charge in [0.25, 0.3) is 0 Å². The molecular formula is C66H60N2. The third-order valence-electron chi connectivity index (χ3n) is 13.2. The summed E-state index contributed by atoms with van der Waals surface area (Å²) in [7, 11) is 0. The Labute approximate surface area is 405 Å². The maximum absolute atomic E-state index is 4.20. The number of para-hydroxylation sites is 2. The van der Waals surface area contributed by atoms with Crippen LogP contribution in [0.4, 0.5) is 22.7 Å². The predicted octanol–water partition coefficient (Wildman–Crippen LogP) is 17.8. The van der Waals surface area contributed by atoms with E-state index in [1.54, 1.807) is 6.08 Å². The zero-order valence-corrected chi connectivity index (χ0v) is 39.4. The van der Waals surface area contributed by atoms with Gasteiger partial charge in [0.1, 0.15) is 0 Å². The van der Waals surface area contributed by atoms with Crippen LogP contribution < -0.4 is 9.80 Å². The molecule has 2 nitrogen and oxygen atoms in total. The quantitative estimate of drug-likeness (QED) is 0.0764. The molecule has 0 saturated carbocycles. The van der Waals surface area contributed by atoms with Crippen molar-refractivity contribution >= 4 is 34.4 Å². The lowest BCUT2D eigenvalue weighted by Crippen LogP contribution is -2.23. The molecule has 0 fully saturated rings. The number of hydrogen-bond donors (Lipinski definition) is 0. The monoisotopic (exact) mass is 880 g/mol. The zero-order chi connectivity index (χ0) is 46.7. The van der Waals surface area contributed by atoms with Crippen molar-refractivity contribution in [2.75, 3.05) is 9.80 Å². The van der Waals surface area contributed by atoms with Gasteiger partial charge < -0.3 is 9.80 Å². The van der Waals surface area contributed by atoms with Crippen LogP contribution in [0.25, 0.3) is 22.8 Å². The second-order valence-electron chi connectivity index (χ2n) is 17.9. The highest BCUT2D eigenvalue weighted by molar-refractivity contribution is 5.87. The first-order valence-electron chi connectivity index (χ1n) is 24.0. The minimum absolute atomic E-state index is 0.121. The molecule has 0 atom stereocenters. The van der Waals surface area contributed by atoms with E-state index in [2.05, 4.69) is 255 Å². The molecule has 5 aromatic carbocycles. The van der Waals surface area contributed by atoms with E-state index in [-0.39, 0.29) is 5.41 Å². The van der Waals surface area contributed by atoms with Gasteiger partial charge >= 0.3 is 0 Å². The SMILES string of the molecule is C=C/C=C\C=C\c1ccc(N(c2ccc3c(c2)C(C)(C)c2ccccc2-3)c2ccccc2C/C=C\C/C(=C\C=C)c2ccccc2N(C2=CCC=CC=C2)C2=C3CC=CC=CC3=CCC=C2)cc1. The van der Waals surface area contributed by atoms with Gasteiger partial charge in [0, 0.05) is 39.4 Å². The molecule has 4 aliphatic rings. The van der Waals surface area contributed by atoms with Crippen molar-refractivity contribution in [2.45, 2.75) is 51.4 Å². The standard InChI is InChI=1S/C66H60N2/c1-5-7-8-12-28-50-43-45-55(46-44-50)67(56-47-48-60-59-38-21-23-39-61(59)66(3,4)62(60)49-56)63-40-24-20-33-53(63)32-18-17-30-51(27-6-2)57-37-22-26-42-64(57)68(54-34-14-9-10-15-35-54)65-41-25-19-31-52-29-13-11-16-36-58(52)65/h5-14,16-18,20-29,31,33-35,37-49H,1-2,15,19,30,32,36H2,3-4H3/b8-7-,18-17-,28-12+,51-27+. The van der Waals surface area contributed by atoms with E-state index in [1.165, 1.54) is 55.8 Å². The molecule has 0 radical (unpaired) electrons. The van der Waals surface area contributed by atoms with Crippen LogP contribution in [0.2, 0.25) is 0 Å². The van der Waals surface area contributed by atoms with Gasteiger partial charge in [-0.05, 0) is 131 Å². The zero-order valence-electron chi connectivity index (χ0n) is 39.4. The van der Waals surface area contributed by atoms with Gasteiger partial charge in [0.2, 0.25) is 0 Å². The number of fused-ring (bicyclic) bond motifs is 4. The van der Waals surface area contributed by atoms with E-state index in [0.717, 1.165) is 66.1 Å². The third kappa shape index (κ3) is 9.64.